The van der Waals surface area contributed by atoms with Crippen LogP contribution >= 0.6 is 0 Å². The predicted molar refractivity (Wildman–Crippen MR) is 257 cm³/mol. The highest BCUT2D eigenvalue weighted by Gasteiger charge is 2.73. The van der Waals surface area contributed by atoms with Crippen LogP contribution in [-0.4, -0.2) is 0 Å². The van der Waals surface area contributed by atoms with Crippen molar-refractivity contribution in [3.05, 3.63) is 274 Å². The second-order valence-corrected chi connectivity index (χ2v) is 18.1. The molecule has 0 aromatic heterocycles. The summed E-state index contributed by atoms with van der Waals surface area (Å²) in [7, 11) is 0. The van der Waals surface area contributed by atoms with Crippen LogP contribution in [0.4, 0.5) is 0 Å². The van der Waals surface area contributed by atoms with E-state index in [2.05, 4.69) is 218 Å². The van der Waals surface area contributed by atoms with Gasteiger partial charge in [0.1, 0.15) is 0 Å². The third-order valence-electron chi connectivity index (χ3n) is 15.7. The third-order valence-corrected chi connectivity index (χ3v) is 15.7. The standard InChI is InChI=1S/C62H38/c1-5-21-41-37(17-1)33-38-18-2-6-22-42(38)57(41)49-35-55-56(36-50(49)58-43-23-7-3-19-39(43)34-40-20-4-8-24-44(40)58)62-53-31-15-11-27-47(53)60(48-28-12-16-32-54(48)62)59-45-25-9-13-29-51(45)61(55,62)52-30-14-10-26-46(52)59/h1-36,59-60H. The summed E-state index contributed by atoms with van der Waals surface area (Å²) in [4.78, 5) is 0. The van der Waals surface area contributed by atoms with Gasteiger partial charge in [0.25, 0.3) is 0 Å². The van der Waals surface area contributed by atoms with Crippen molar-refractivity contribution in [3.63, 3.8) is 0 Å². The minimum atomic E-state index is -0.488. The minimum Gasteiger partial charge on any atom is -0.0619 e. The Morgan fingerprint density at radius 1 is 0.242 bits per heavy atom. The molecule has 0 amide bonds. The molecule has 0 radical (unpaired) electrons. The molecular formula is C62H38. The molecule has 0 fully saturated rings. The van der Waals surface area contributed by atoms with Crippen LogP contribution in [-0.2, 0) is 10.8 Å². The monoisotopic (exact) mass is 782 g/mol. The number of benzene rings is 11. The second-order valence-electron chi connectivity index (χ2n) is 18.1. The summed E-state index contributed by atoms with van der Waals surface area (Å²) < 4.78 is 0. The first-order valence-corrected chi connectivity index (χ1v) is 22.2. The van der Waals surface area contributed by atoms with E-state index in [-0.39, 0.29) is 11.8 Å². The van der Waals surface area contributed by atoms with Gasteiger partial charge in [0.05, 0.1) is 10.8 Å². The van der Waals surface area contributed by atoms with Crippen molar-refractivity contribution >= 4 is 43.1 Å². The SMILES string of the molecule is c1ccc2c(c1)C1c3ccccc3C23c2cc(-c4c5ccccc5cc5ccccc45)c(-c4c5ccccc5cc5ccccc45)cc2C32c3ccccc3C1c1ccccc12. The molecule has 0 nitrogen and oxygen atoms in total. The Labute approximate surface area is 360 Å². The minimum absolute atomic E-state index is 0.195. The van der Waals surface area contributed by atoms with Gasteiger partial charge in [-0.1, -0.05) is 194 Å². The Hall–Kier alpha value is -7.54. The lowest BCUT2D eigenvalue weighted by atomic mass is 9.31. The summed E-state index contributed by atoms with van der Waals surface area (Å²) in [6.07, 6.45) is 0. The number of rotatable bonds is 2. The maximum absolute atomic E-state index is 2.69. The van der Waals surface area contributed by atoms with Gasteiger partial charge in [-0.05, 0) is 145 Å². The molecule has 0 unspecified atom stereocenters. The van der Waals surface area contributed by atoms with E-state index in [1.54, 1.807) is 0 Å². The lowest BCUT2D eigenvalue weighted by molar-refractivity contribution is 0.307. The van der Waals surface area contributed by atoms with Crippen molar-refractivity contribution in [1.82, 2.24) is 0 Å². The van der Waals surface area contributed by atoms with E-state index in [0.29, 0.717) is 0 Å². The highest BCUT2D eigenvalue weighted by molar-refractivity contribution is 6.20. The topological polar surface area (TPSA) is 0 Å². The fraction of sp³-hybridized carbons (Fsp3) is 0.0645. The molecular weight excluding hydrogens is 745 g/mol. The smallest absolute Gasteiger partial charge is 0.0619 e. The molecule has 0 heteroatoms. The van der Waals surface area contributed by atoms with Crippen LogP contribution in [0.3, 0.4) is 0 Å². The fourth-order valence-electron chi connectivity index (χ4n) is 13.8. The fourth-order valence-corrected chi connectivity index (χ4v) is 13.8. The quantitative estimate of drug-likeness (QED) is 0.153. The molecule has 0 aliphatic heterocycles. The summed E-state index contributed by atoms with van der Waals surface area (Å²) in [5.41, 5.74) is 18.8. The third kappa shape index (κ3) is 3.71. The maximum atomic E-state index is 2.69. The van der Waals surface area contributed by atoms with Crippen LogP contribution in [0.1, 0.15) is 67.5 Å². The first kappa shape index (κ1) is 33.2. The van der Waals surface area contributed by atoms with Crippen LogP contribution in [0.5, 0.6) is 0 Å². The van der Waals surface area contributed by atoms with Crippen LogP contribution in [0, 0.1) is 0 Å². The molecule has 62 heavy (non-hydrogen) atoms. The molecule has 0 atom stereocenters. The Balaban J connectivity index is 1.22. The van der Waals surface area contributed by atoms with Crippen LogP contribution < -0.4 is 0 Å². The summed E-state index contributed by atoms with van der Waals surface area (Å²) in [6, 6.07) is 84.5. The summed E-state index contributed by atoms with van der Waals surface area (Å²) >= 11 is 0. The molecule has 286 valence electrons. The van der Waals surface area contributed by atoms with Crippen LogP contribution in [0.25, 0.3) is 65.3 Å². The van der Waals surface area contributed by atoms with Crippen molar-refractivity contribution in [2.45, 2.75) is 22.7 Å². The molecule has 11 aromatic carbocycles. The van der Waals surface area contributed by atoms with Gasteiger partial charge in [0.2, 0.25) is 0 Å². The van der Waals surface area contributed by atoms with Gasteiger partial charge in [-0.15, -0.1) is 0 Å². The zero-order valence-corrected chi connectivity index (χ0v) is 33.9. The molecule has 18 rings (SSSR count). The van der Waals surface area contributed by atoms with E-state index in [0.717, 1.165) is 0 Å². The van der Waals surface area contributed by atoms with Gasteiger partial charge in [-0.25, -0.2) is 0 Å². The van der Waals surface area contributed by atoms with Gasteiger partial charge in [-0.3, -0.25) is 0 Å². The highest BCUT2D eigenvalue weighted by Crippen LogP contribution is 2.78. The Morgan fingerprint density at radius 3 is 0.806 bits per heavy atom. The van der Waals surface area contributed by atoms with E-state index in [4.69, 9.17) is 0 Å². The van der Waals surface area contributed by atoms with E-state index in [1.807, 2.05) is 0 Å². The molecule has 0 heterocycles. The van der Waals surface area contributed by atoms with Gasteiger partial charge in [0.15, 0.2) is 0 Å². The average molecular weight is 783 g/mol. The number of hydrogen-bond donors (Lipinski definition) is 0. The van der Waals surface area contributed by atoms with Crippen molar-refractivity contribution in [2.75, 3.05) is 0 Å². The van der Waals surface area contributed by atoms with Crippen LogP contribution in [0.2, 0.25) is 0 Å². The molecule has 2 spiro atoms. The number of fused-ring (bicyclic) bond motifs is 5. The molecule has 11 aromatic rings. The van der Waals surface area contributed by atoms with E-state index in [9.17, 15) is 0 Å². The van der Waals surface area contributed by atoms with Gasteiger partial charge in [0, 0.05) is 11.8 Å². The molecule has 4 bridgehead atoms. The largest absolute Gasteiger partial charge is 0.0638 e. The maximum Gasteiger partial charge on any atom is 0.0638 e. The molecule has 0 saturated heterocycles. The highest BCUT2D eigenvalue weighted by atomic mass is 14.7. The lowest BCUT2D eigenvalue weighted by Crippen LogP contribution is -2.66. The summed E-state index contributed by atoms with van der Waals surface area (Å²) in [5, 5.41) is 10.2. The predicted octanol–water partition coefficient (Wildman–Crippen LogP) is 15.2. The van der Waals surface area contributed by atoms with Crippen molar-refractivity contribution in [3.8, 4) is 22.3 Å². The van der Waals surface area contributed by atoms with E-state index < -0.39 is 10.8 Å². The van der Waals surface area contributed by atoms with Gasteiger partial charge in [-0.2, -0.15) is 0 Å². The van der Waals surface area contributed by atoms with Crippen molar-refractivity contribution < 1.29 is 0 Å². The molecule has 7 aliphatic rings. The molecule has 0 N–H and O–H groups in total. The zero-order chi connectivity index (χ0) is 40.3. The van der Waals surface area contributed by atoms with Crippen molar-refractivity contribution in [1.29, 1.82) is 0 Å². The molecule has 0 saturated carbocycles. The van der Waals surface area contributed by atoms with Crippen molar-refractivity contribution in [2.24, 2.45) is 0 Å². The average Bonchev–Trinajstić information content (AvgIpc) is 3.33. The van der Waals surface area contributed by atoms with Gasteiger partial charge >= 0.3 is 0 Å². The molecule has 7 aliphatic carbocycles. The van der Waals surface area contributed by atoms with Crippen LogP contribution in [0.15, 0.2) is 218 Å². The normalized spacial score (nSPS) is 20.7. The van der Waals surface area contributed by atoms with E-state index in [1.165, 1.54) is 121 Å². The first-order valence-electron chi connectivity index (χ1n) is 22.2. The zero-order valence-electron chi connectivity index (χ0n) is 33.9. The second kappa shape index (κ2) is 11.6. The van der Waals surface area contributed by atoms with Gasteiger partial charge < -0.3 is 0 Å². The van der Waals surface area contributed by atoms with E-state index >= 15 is 0 Å². The first-order chi connectivity index (χ1) is 30.8. The number of hydrogen-bond acceptors (Lipinski definition) is 0. The Kier molecular flexibility index (Phi) is 6.23. The summed E-state index contributed by atoms with van der Waals surface area (Å²) in [6.45, 7) is 0. The summed E-state index contributed by atoms with van der Waals surface area (Å²) in [5.74, 6) is 0.390. The Bertz CT molecular complexity index is 3340. The Morgan fingerprint density at radius 2 is 0.500 bits per heavy atom. The lowest BCUT2D eigenvalue weighted by Gasteiger charge is -2.69.